The van der Waals surface area contributed by atoms with E-state index in [4.69, 9.17) is 23.7 Å². The fourth-order valence-corrected chi connectivity index (χ4v) is 3.47. The van der Waals surface area contributed by atoms with Gasteiger partial charge in [0.1, 0.15) is 6.10 Å². The molecule has 8 nitrogen and oxygen atoms in total. The highest BCUT2D eigenvalue weighted by atomic mass is 16.7. The van der Waals surface area contributed by atoms with Crippen LogP contribution in [0.15, 0.2) is 103 Å². The Morgan fingerprint density at radius 2 is 1.28 bits per heavy atom. The van der Waals surface area contributed by atoms with E-state index in [0.717, 1.165) is 0 Å². The van der Waals surface area contributed by atoms with E-state index < -0.39 is 36.4 Å². The maximum Gasteiger partial charge on any atom is 0.343 e. The zero-order valence-corrected chi connectivity index (χ0v) is 19.5. The lowest BCUT2D eigenvalue weighted by atomic mass is 10.1. The molecule has 2 atom stereocenters. The van der Waals surface area contributed by atoms with Gasteiger partial charge >= 0.3 is 17.9 Å². The van der Waals surface area contributed by atoms with Crippen molar-refractivity contribution >= 4 is 17.9 Å². The number of hydrogen-bond acceptors (Lipinski definition) is 8. The van der Waals surface area contributed by atoms with Gasteiger partial charge in [0.05, 0.1) is 23.3 Å². The molecule has 4 rings (SSSR count). The molecule has 1 heterocycles. The first-order valence-electron chi connectivity index (χ1n) is 11.2. The van der Waals surface area contributed by atoms with Gasteiger partial charge in [0.15, 0.2) is 12.4 Å². The van der Waals surface area contributed by atoms with Crippen LogP contribution >= 0.6 is 0 Å². The summed E-state index contributed by atoms with van der Waals surface area (Å²) < 4.78 is 28.0. The minimum atomic E-state index is -1.73. The van der Waals surface area contributed by atoms with Crippen LogP contribution in [0.25, 0.3) is 0 Å². The summed E-state index contributed by atoms with van der Waals surface area (Å²) in [7, 11) is 1.33. The van der Waals surface area contributed by atoms with Crippen LogP contribution in [0.1, 0.15) is 31.1 Å². The Bertz CT molecular complexity index is 1220. The molecule has 0 aromatic heterocycles. The van der Waals surface area contributed by atoms with Gasteiger partial charge in [0.25, 0.3) is 5.79 Å². The van der Waals surface area contributed by atoms with Gasteiger partial charge in [0, 0.05) is 13.2 Å². The number of benzene rings is 3. The van der Waals surface area contributed by atoms with E-state index in [1.807, 2.05) is 0 Å². The minimum Gasteiger partial charge on any atom is -0.456 e. The van der Waals surface area contributed by atoms with Crippen molar-refractivity contribution in [2.75, 3.05) is 20.3 Å². The molecule has 1 aliphatic heterocycles. The van der Waals surface area contributed by atoms with Gasteiger partial charge in [-0.25, -0.2) is 14.4 Å². The Balaban J connectivity index is 1.57. The van der Waals surface area contributed by atoms with Gasteiger partial charge in [-0.1, -0.05) is 54.6 Å². The van der Waals surface area contributed by atoms with Crippen LogP contribution in [-0.4, -0.2) is 50.1 Å². The summed E-state index contributed by atoms with van der Waals surface area (Å²) >= 11 is 0. The van der Waals surface area contributed by atoms with E-state index in [0.29, 0.717) is 11.1 Å². The van der Waals surface area contributed by atoms with Crippen LogP contribution in [0, 0.1) is 0 Å². The van der Waals surface area contributed by atoms with Crippen LogP contribution in [0.3, 0.4) is 0 Å². The highest BCUT2D eigenvalue weighted by Gasteiger charge is 2.45. The van der Waals surface area contributed by atoms with Gasteiger partial charge in [-0.05, 0) is 36.4 Å². The predicted molar refractivity (Wildman–Crippen MR) is 128 cm³/mol. The first kappa shape index (κ1) is 24.8. The van der Waals surface area contributed by atoms with E-state index in [-0.39, 0.29) is 17.9 Å². The molecular weight excluding hydrogens is 464 g/mol. The van der Waals surface area contributed by atoms with Crippen molar-refractivity contribution in [3.63, 3.8) is 0 Å². The first-order chi connectivity index (χ1) is 17.5. The molecule has 0 radical (unpaired) electrons. The predicted octanol–water partition coefficient (Wildman–Crippen LogP) is 4.18. The molecule has 0 saturated heterocycles. The molecule has 36 heavy (non-hydrogen) atoms. The number of ether oxygens (including phenoxy) is 5. The van der Waals surface area contributed by atoms with Crippen LogP contribution in [0.4, 0.5) is 0 Å². The lowest BCUT2D eigenvalue weighted by Crippen LogP contribution is -2.49. The third kappa shape index (κ3) is 5.86. The number of rotatable bonds is 8. The summed E-state index contributed by atoms with van der Waals surface area (Å²) in [5.74, 6) is -3.70. The Hall–Kier alpha value is -4.27. The van der Waals surface area contributed by atoms with Crippen LogP contribution in [0.5, 0.6) is 0 Å². The Kier molecular flexibility index (Phi) is 7.89. The van der Waals surface area contributed by atoms with E-state index in [9.17, 15) is 14.4 Å². The van der Waals surface area contributed by atoms with Gasteiger partial charge < -0.3 is 23.7 Å². The number of methoxy groups -OCH3 is 1. The summed E-state index contributed by atoms with van der Waals surface area (Å²) in [6, 6.07) is 25.2. The summed E-state index contributed by atoms with van der Waals surface area (Å²) in [4.78, 5) is 37.9. The van der Waals surface area contributed by atoms with Crippen molar-refractivity contribution in [1.29, 1.82) is 0 Å². The van der Waals surface area contributed by atoms with E-state index in [1.165, 1.54) is 13.2 Å². The zero-order valence-electron chi connectivity index (χ0n) is 19.5. The second kappa shape index (κ2) is 11.4. The number of carbonyl (C=O) groups is 3. The monoisotopic (exact) mass is 488 g/mol. The average Bonchev–Trinajstić information content (AvgIpc) is 2.94. The third-order valence-corrected chi connectivity index (χ3v) is 5.41. The molecule has 0 bridgehead atoms. The van der Waals surface area contributed by atoms with Crippen LogP contribution < -0.4 is 0 Å². The molecule has 8 heteroatoms. The van der Waals surface area contributed by atoms with Crippen molar-refractivity contribution in [1.82, 2.24) is 0 Å². The molecule has 0 unspecified atom stereocenters. The summed E-state index contributed by atoms with van der Waals surface area (Å²) in [5.41, 5.74) is 0.975. The second-order valence-corrected chi connectivity index (χ2v) is 7.81. The molecule has 0 N–H and O–H groups in total. The van der Waals surface area contributed by atoms with Crippen molar-refractivity contribution < 1.29 is 38.1 Å². The quantitative estimate of drug-likeness (QED) is 0.344. The smallest absolute Gasteiger partial charge is 0.343 e. The number of carbonyl (C=O) groups excluding carboxylic acids is 3. The van der Waals surface area contributed by atoms with Crippen molar-refractivity contribution in [3.05, 3.63) is 120 Å². The standard InChI is InChI=1S/C28H24O8/c1-32-28(19-33-25(29)20-11-5-2-6-12-20)24(36-27(31)22-15-9-4-10-16-22)17-23(18-34-28)35-26(30)21-13-7-3-8-14-21/h2-17,23H,18-19H2,1H3/t23-,28+/m0/s1. The molecule has 1 aliphatic rings. The zero-order chi connectivity index (χ0) is 25.4. The summed E-state index contributed by atoms with van der Waals surface area (Å²) in [6.07, 6.45) is 0.537. The van der Waals surface area contributed by atoms with Gasteiger partial charge in [-0.15, -0.1) is 0 Å². The average molecular weight is 488 g/mol. The number of esters is 3. The molecule has 0 fully saturated rings. The Morgan fingerprint density at radius 3 is 1.81 bits per heavy atom. The van der Waals surface area contributed by atoms with Gasteiger partial charge in [-0.3, -0.25) is 0 Å². The fraction of sp³-hybridized carbons (Fsp3) is 0.179. The summed E-state index contributed by atoms with van der Waals surface area (Å²) in [5, 5.41) is 0. The Labute approximate surface area is 208 Å². The highest BCUT2D eigenvalue weighted by Crippen LogP contribution is 2.31. The fourth-order valence-electron chi connectivity index (χ4n) is 3.47. The largest absolute Gasteiger partial charge is 0.456 e. The Morgan fingerprint density at radius 1 is 0.778 bits per heavy atom. The minimum absolute atomic E-state index is 0.100. The SMILES string of the molecule is CO[C@]1(COC(=O)c2ccccc2)OC[C@@H](OC(=O)c2ccccc2)C=C1OC(=O)c1ccccc1. The first-order valence-corrected chi connectivity index (χ1v) is 11.2. The molecule has 3 aromatic carbocycles. The van der Waals surface area contributed by atoms with E-state index in [2.05, 4.69) is 0 Å². The van der Waals surface area contributed by atoms with Gasteiger partial charge in [-0.2, -0.15) is 0 Å². The maximum atomic E-state index is 12.8. The lowest BCUT2D eigenvalue weighted by molar-refractivity contribution is -0.246. The molecule has 0 amide bonds. The lowest BCUT2D eigenvalue weighted by Gasteiger charge is -2.37. The van der Waals surface area contributed by atoms with Crippen LogP contribution in [-0.2, 0) is 23.7 Å². The van der Waals surface area contributed by atoms with Crippen LogP contribution in [0.2, 0.25) is 0 Å². The topological polar surface area (TPSA) is 97.4 Å². The maximum absolute atomic E-state index is 12.8. The molecule has 0 aliphatic carbocycles. The van der Waals surface area contributed by atoms with Crippen molar-refractivity contribution in [2.45, 2.75) is 11.9 Å². The van der Waals surface area contributed by atoms with E-state index >= 15 is 0 Å². The third-order valence-electron chi connectivity index (χ3n) is 5.41. The molecular formula is C28H24O8. The summed E-state index contributed by atoms with van der Waals surface area (Å²) in [6.45, 7) is -0.536. The van der Waals surface area contributed by atoms with Crippen molar-refractivity contribution in [3.8, 4) is 0 Å². The van der Waals surface area contributed by atoms with Gasteiger partial charge in [0.2, 0.25) is 0 Å². The molecule has 3 aromatic rings. The second-order valence-electron chi connectivity index (χ2n) is 7.81. The normalized spacial score (nSPS) is 19.0. The molecule has 0 saturated carbocycles. The molecule has 0 spiro atoms. The number of hydrogen-bond donors (Lipinski definition) is 0. The van der Waals surface area contributed by atoms with Crippen molar-refractivity contribution in [2.24, 2.45) is 0 Å². The molecule has 184 valence electrons. The van der Waals surface area contributed by atoms with E-state index in [1.54, 1.807) is 91.0 Å². The highest BCUT2D eigenvalue weighted by molar-refractivity contribution is 5.91.